The fraction of sp³-hybridized carbons (Fsp3) is 0.900. The second kappa shape index (κ2) is 9.67. The van der Waals surface area contributed by atoms with E-state index in [1.54, 1.807) is 18.1 Å². The van der Waals surface area contributed by atoms with Gasteiger partial charge in [0, 0.05) is 14.0 Å². The van der Waals surface area contributed by atoms with Crippen molar-refractivity contribution in [3.05, 3.63) is 11.1 Å². The molecule has 0 bridgehead atoms. The highest BCUT2D eigenvalue weighted by Gasteiger charge is 2.58. The van der Waals surface area contributed by atoms with Crippen LogP contribution in [0.2, 0.25) is 0 Å². The molecule has 0 aromatic carbocycles. The van der Waals surface area contributed by atoms with Crippen LogP contribution in [0.5, 0.6) is 0 Å². The number of fused-ring (bicyclic) bond motifs is 4. The Morgan fingerprint density at radius 3 is 2.48 bits per heavy atom. The van der Waals surface area contributed by atoms with Gasteiger partial charge < -0.3 is 9.47 Å². The van der Waals surface area contributed by atoms with Crippen LogP contribution in [0.4, 0.5) is 0 Å². The largest absolute Gasteiger partial charge is 0.463 e. The van der Waals surface area contributed by atoms with E-state index in [9.17, 15) is 4.79 Å². The van der Waals surface area contributed by atoms with E-state index in [0.717, 1.165) is 30.6 Å². The molecule has 0 amide bonds. The third-order valence-corrected chi connectivity index (χ3v) is 10.7. The van der Waals surface area contributed by atoms with Crippen molar-refractivity contribution >= 4 is 5.97 Å². The molecular formula is C30H50O3. The molecule has 0 aromatic rings. The fourth-order valence-corrected chi connectivity index (χ4v) is 8.99. The molecule has 0 aromatic heterocycles. The summed E-state index contributed by atoms with van der Waals surface area (Å²) in [7, 11) is 1.95. The van der Waals surface area contributed by atoms with Gasteiger partial charge in [0.05, 0.1) is 6.10 Å². The number of hydrogen-bond donors (Lipinski definition) is 0. The first-order chi connectivity index (χ1) is 15.6. The predicted molar refractivity (Wildman–Crippen MR) is 135 cm³/mol. The summed E-state index contributed by atoms with van der Waals surface area (Å²) in [6.07, 6.45) is 14.2. The SMILES string of the molecule is CO[C@@H]1C[C@H]([C@H](C)CCCC(C)C)[C@@]2(C)CC[C@H]3C(=C12)CC[C@H]1C[C@@H](OC(C)=O)CC[C@@]13C. The summed E-state index contributed by atoms with van der Waals surface area (Å²) in [6, 6.07) is 0. The Morgan fingerprint density at radius 2 is 1.82 bits per heavy atom. The van der Waals surface area contributed by atoms with Gasteiger partial charge in [-0.2, -0.15) is 0 Å². The van der Waals surface area contributed by atoms with Crippen molar-refractivity contribution in [3.63, 3.8) is 0 Å². The number of hydrogen-bond acceptors (Lipinski definition) is 3. The van der Waals surface area contributed by atoms with Crippen molar-refractivity contribution in [3.8, 4) is 0 Å². The third-order valence-electron chi connectivity index (χ3n) is 10.7. The molecule has 0 N–H and O–H groups in total. The van der Waals surface area contributed by atoms with Crippen LogP contribution in [0.25, 0.3) is 0 Å². The lowest BCUT2D eigenvalue weighted by molar-refractivity contribution is -0.152. The van der Waals surface area contributed by atoms with Crippen LogP contribution in [-0.2, 0) is 14.3 Å². The zero-order valence-corrected chi connectivity index (χ0v) is 22.5. The van der Waals surface area contributed by atoms with E-state index in [4.69, 9.17) is 9.47 Å². The first kappa shape index (κ1) is 25.3. The minimum atomic E-state index is -0.113. The maximum Gasteiger partial charge on any atom is 0.302 e. The molecule has 3 saturated carbocycles. The Labute approximate surface area is 203 Å². The van der Waals surface area contributed by atoms with Crippen LogP contribution in [0, 0.1) is 40.4 Å². The lowest BCUT2D eigenvalue weighted by atomic mass is 9.48. The molecule has 0 aliphatic heterocycles. The molecule has 0 unspecified atom stereocenters. The number of carbonyl (C=O) groups is 1. The van der Waals surface area contributed by atoms with Crippen LogP contribution in [0.15, 0.2) is 11.1 Å². The van der Waals surface area contributed by atoms with Crippen LogP contribution in [0.3, 0.4) is 0 Å². The molecule has 3 heteroatoms. The molecule has 4 aliphatic carbocycles. The van der Waals surface area contributed by atoms with E-state index in [0.29, 0.717) is 28.8 Å². The summed E-state index contributed by atoms with van der Waals surface area (Å²) >= 11 is 0. The zero-order valence-electron chi connectivity index (χ0n) is 22.5. The Hall–Kier alpha value is -0.830. The number of allylic oxidation sites excluding steroid dienone is 1. The normalized spacial score (nSPS) is 41.4. The molecule has 0 spiro atoms. The van der Waals surface area contributed by atoms with Gasteiger partial charge in [0.1, 0.15) is 6.10 Å². The lowest BCUT2D eigenvalue weighted by Crippen LogP contribution is -2.49. The van der Waals surface area contributed by atoms with Crippen molar-refractivity contribution in [2.75, 3.05) is 7.11 Å². The van der Waals surface area contributed by atoms with E-state index >= 15 is 0 Å². The zero-order chi connectivity index (χ0) is 24.0. The second-order valence-corrected chi connectivity index (χ2v) is 13.1. The van der Waals surface area contributed by atoms with Crippen molar-refractivity contribution in [1.82, 2.24) is 0 Å². The van der Waals surface area contributed by atoms with Crippen molar-refractivity contribution in [1.29, 1.82) is 0 Å². The summed E-state index contributed by atoms with van der Waals surface area (Å²) in [6.45, 7) is 13.9. The number of esters is 1. The molecule has 0 heterocycles. The average molecular weight is 459 g/mol. The van der Waals surface area contributed by atoms with Gasteiger partial charge in [0.2, 0.25) is 0 Å². The van der Waals surface area contributed by atoms with Crippen LogP contribution in [0.1, 0.15) is 112 Å². The van der Waals surface area contributed by atoms with Gasteiger partial charge >= 0.3 is 5.97 Å². The van der Waals surface area contributed by atoms with Gasteiger partial charge in [-0.05, 0) is 97.4 Å². The highest BCUT2D eigenvalue weighted by molar-refractivity contribution is 5.66. The average Bonchev–Trinajstić information content (AvgIpc) is 3.06. The second-order valence-electron chi connectivity index (χ2n) is 13.1. The molecule has 4 aliphatic rings. The van der Waals surface area contributed by atoms with Gasteiger partial charge in [0.25, 0.3) is 0 Å². The Balaban J connectivity index is 1.57. The van der Waals surface area contributed by atoms with Crippen LogP contribution < -0.4 is 0 Å². The smallest absolute Gasteiger partial charge is 0.302 e. The van der Waals surface area contributed by atoms with Crippen molar-refractivity contribution in [2.24, 2.45) is 40.4 Å². The highest BCUT2D eigenvalue weighted by atomic mass is 16.5. The Morgan fingerprint density at radius 1 is 1.06 bits per heavy atom. The molecule has 0 saturated heterocycles. The third kappa shape index (κ3) is 4.57. The summed E-state index contributed by atoms with van der Waals surface area (Å²) in [5.41, 5.74) is 4.20. The minimum absolute atomic E-state index is 0.113. The summed E-state index contributed by atoms with van der Waals surface area (Å²) in [5, 5.41) is 0. The van der Waals surface area contributed by atoms with Crippen LogP contribution in [-0.4, -0.2) is 25.3 Å². The Bertz CT molecular complexity index is 754. The topological polar surface area (TPSA) is 35.5 Å². The van der Waals surface area contributed by atoms with E-state index < -0.39 is 0 Å². The van der Waals surface area contributed by atoms with E-state index in [1.165, 1.54) is 57.8 Å². The summed E-state index contributed by atoms with van der Waals surface area (Å²) < 4.78 is 11.9. The predicted octanol–water partition coefficient (Wildman–Crippen LogP) is 7.73. The highest BCUT2D eigenvalue weighted by Crippen LogP contribution is 2.66. The van der Waals surface area contributed by atoms with Gasteiger partial charge in [-0.15, -0.1) is 0 Å². The lowest BCUT2D eigenvalue weighted by Gasteiger charge is -2.57. The van der Waals surface area contributed by atoms with E-state index in [1.807, 2.05) is 7.11 Å². The first-order valence-electron chi connectivity index (χ1n) is 14.0. The molecule has 4 rings (SSSR count). The standard InChI is InChI=1S/C30H50O3/c1-19(2)9-8-10-20(3)26-18-27(32-7)28-24-12-11-22-17-23(33-21(4)31)13-15-29(22,5)25(24)14-16-30(26,28)6/h19-20,22-23,25-27H,8-18H2,1-7H3/t20-,22+,23+,25+,26-,27-,29+,30-/m1/s1. The number of ether oxygens (including phenoxy) is 2. The molecular weight excluding hydrogens is 408 g/mol. The number of rotatable bonds is 7. The maximum absolute atomic E-state index is 11.6. The van der Waals surface area contributed by atoms with E-state index in [2.05, 4.69) is 34.6 Å². The van der Waals surface area contributed by atoms with Crippen molar-refractivity contribution < 1.29 is 14.3 Å². The molecule has 3 nitrogen and oxygen atoms in total. The van der Waals surface area contributed by atoms with Gasteiger partial charge in [0.15, 0.2) is 0 Å². The molecule has 3 fully saturated rings. The van der Waals surface area contributed by atoms with Crippen LogP contribution >= 0.6 is 0 Å². The van der Waals surface area contributed by atoms with Gasteiger partial charge in [-0.1, -0.05) is 59.5 Å². The van der Waals surface area contributed by atoms with Gasteiger partial charge in [-0.25, -0.2) is 0 Å². The summed E-state index contributed by atoms with van der Waals surface area (Å²) in [5.74, 6) is 3.60. The fourth-order valence-electron chi connectivity index (χ4n) is 8.99. The molecule has 33 heavy (non-hydrogen) atoms. The Kier molecular flexibility index (Phi) is 7.40. The molecule has 188 valence electrons. The number of carbonyl (C=O) groups excluding carboxylic acids is 1. The maximum atomic E-state index is 11.6. The molecule has 0 radical (unpaired) electrons. The minimum Gasteiger partial charge on any atom is -0.463 e. The summed E-state index contributed by atoms with van der Waals surface area (Å²) in [4.78, 5) is 11.6. The molecule has 8 atom stereocenters. The monoisotopic (exact) mass is 458 g/mol. The van der Waals surface area contributed by atoms with E-state index in [-0.39, 0.29) is 12.1 Å². The first-order valence-corrected chi connectivity index (χ1v) is 14.0. The van der Waals surface area contributed by atoms with Crippen molar-refractivity contribution in [2.45, 2.75) is 124 Å². The quantitative estimate of drug-likeness (QED) is 0.289. The van der Waals surface area contributed by atoms with Gasteiger partial charge in [-0.3, -0.25) is 4.79 Å². The number of methoxy groups -OCH3 is 1.